The van der Waals surface area contributed by atoms with E-state index in [-0.39, 0.29) is 11.4 Å². The van der Waals surface area contributed by atoms with Gasteiger partial charge in [-0.3, -0.25) is 19.2 Å². The van der Waals surface area contributed by atoms with E-state index in [1.54, 1.807) is 60.7 Å². The molecular weight excluding hydrogens is 456 g/mol. The number of anilines is 2. The number of hydrogen-bond acceptors (Lipinski definition) is 6. The van der Waals surface area contributed by atoms with Crippen LogP contribution in [0.1, 0.15) is 36.8 Å². The molecule has 0 aliphatic heterocycles. The van der Waals surface area contributed by atoms with Crippen LogP contribution in [0.2, 0.25) is 0 Å². The van der Waals surface area contributed by atoms with E-state index in [4.69, 9.17) is 0 Å². The normalized spacial score (nSPS) is 11.8. The molecule has 2 unspecified atom stereocenters. The van der Waals surface area contributed by atoms with Gasteiger partial charge in [0.05, 0.1) is 23.5 Å². The Kier molecular flexibility index (Phi) is 8.06. The average molecular weight is 479 g/mol. The zero-order chi connectivity index (χ0) is 26.2. The number of nitrogens with zero attached hydrogens (tertiary/aromatic N) is 4. The van der Waals surface area contributed by atoms with Crippen LogP contribution in [0.25, 0.3) is 0 Å². The molecule has 0 aliphatic rings. The van der Waals surface area contributed by atoms with Crippen LogP contribution in [0.4, 0.5) is 11.4 Å². The SMILES string of the molecule is CC(=O)N(C(=O)C(C#N)c1ccccc1)c1ccc(N(C(C)=O)C(=O)C(C#N)c2ccccc2)cc1. The molecule has 0 fully saturated rings. The van der Waals surface area contributed by atoms with Crippen molar-refractivity contribution in [2.24, 2.45) is 0 Å². The number of amides is 4. The fourth-order valence-corrected chi connectivity index (χ4v) is 3.77. The summed E-state index contributed by atoms with van der Waals surface area (Å²) in [5, 5.41) is 19.2. The van der Waals surface area contributed by atoms with Gasteiger partial charge in [0.1, 0.15) is 0 Å². The van der Waals surface area contributed by atoms with Crippen molar-refractivity contribution in [2.75, 3.05) is 9.80 Å². The minimum absolute atomic E-state index is 0.170. The lowest BCUT2D eigenvalue weighted by molar-refractivity contribution is -0.127. The molecule has 36 heavy (non-hydrogen) atoms. The summed E-state index contributed by atoms with van der Waals surface area (Å²) in [7, 11) is 0. The number of rotatable bonds is 6. The molecule has 0 N–H and O–H groups in total. The van der Waals surface area contributed by atoms with Gasteiger partial charge in [-0.2, -0.15) is 10.5 Å². The topological polar surface area (TPSA) is 122 Å². The molecule has 3 aromatic carbocycles. The molecule has 0 heterocycles. The molecule has 2 atom stereocenters. The zero-order valence-corrected chi connectivity index (χ0v) is 19.7. The lowest BCUT2D eigenvalue weighted by Crippen LogP contribution is -2.39. The molecule has 8 heteroatoms. The van der Waals surface area contributed by atoms with Crippen molar-refractivity contribution in [3.05, 3.63) is 96.1 Å². The number of benzene rings is 3. The standard InChI is InChI=1S/C28H22N4O4/c1-19(33)31(27(35)25(17-29)21-9-5-3-6-10-21)23-13-15-24(16-14-23)32(20(2)34)28(36)26(18-30)22-11-7-4-8-12-22/h3-16,25-26H,1-2H3. The van der Waals surface area contributed by atoms with Gasteiger partial charge >= 0.3 is 0 Å². The summed E-state index contributed by atoms with van der Waals surface area (Å²) in [4.78, 5) is 52.9. The number of carbonyl (C=O) groups is 4. The Hall–Kier alpha value is -5.08. The van der Waals surface area contributed by atoms with Gasteiger partial charge in [-0.1, -0.05) is 60.7 Å². The van der Waals surface area contributed by atoms with Crippen LogP contribution >= 0.6 is 0 Å². The number of nitriles is 2. The largest absolute Gasteiger partial charge is 0.274 e. The van der Waals surface area contributed by atoms with Gasteiger partial charge in [-0.15, -0.1) is 0 Å². The van der Waals surface area contributed by atoms with Crippen LogP contribution in [0, 0.1) is 22.7 Å². The fraction of sp³-hybridized carbons (Fsp3) is 0.143. The van der Waals surface area contributed by atoms with E-state index in [9.17, 15) is 29.7 Å². The van der Waals surface area contributed by atoms with Gasteiger partial charge in [-0.05, 0) is 35.4 Å². The number of carbonyl (C=O) groups excluding carboxylic acids is 4. The van der Waals surface area contributed by atoms with Crippen LogP contribution < -0.4 is 9.80 Å². The van der Waals surface area contributed by atoms with E-state index in [2.05, 4.69) is 0 Å². The molecule has 0 radical (unpaired) electrons. The minimum atomic E-state index is -1.20. The lowest BCUT2D eigenvalue weighted by Gasteiger charge is -2.24. The number of imide groups is 2. The summed E-state index contributed by atoms with van der Waals surface area (Å²) in [5.74, 6) is -5.05. The minimum Gasteiger partial charge on any atom is -0.274 e. The van der Waals surface area contributed by atoms with Gasteiger partial charge < -0.3 is 0 Å². The third-order valence-electron chi connectivity index (χ3n) is 5.45. The van der Waals surface area contributed by atoms with Gasteiger partial charge in [0.15, 0.2) is 11.8 Å². The van der Waals surface area contributed by atoms with E-state index in [1.165, 1.54) is 38.1 Å². The predicted octanol–water partition coefficient (Wildman–Crippen LogP) is 4.06. The van der Waals surface area contributed by atoms with Crippen molar-refractivity contribution < 1.29 is 19.2 Å². The third kappa shape index (κ3) is 5.35. The highest BCUT2D eigenvalue weighted by atomic mass is 16.2. The summed E-state index contributed by atoms with van der Waals surface area (Å²) >= 11 is 0. The summed E-state index contributed by atoms with van der Waals surface area (Å²) in [5.41, 5.74) is 1.24. The van der Waals surface area contributed by atoms with E-state index in [0.29, 0.717) is 11.1 Å². The van der Waals surface area contributed by atoms with E-state index < -0.39 is 35.5 Å². The summed E-state index contributed by atoms with van der Waals surface area (Å²) in [6.45, 7) is 2.40. The van der Waals surface area contributed by atoms with E-state index in [1.807, 2.05) is 12.1 Å². The van der Waals surface area contributed by atoms with Crippen LogP contribution in [0.15, 0.2) is 84.9 Å². The molecule has 8 nitrogen and oxygen atoms in total. The molecule has 178 valence electrons. The molecule has 3 aromatic rings. The number of hydrogen-bond donors (Lipinski definition) is 0. The molecule has 0 spiro atoms. The maximum atomic E-state index is 13.2. The second-order valence-electron chi connectivity index (χ2n) is 7.85. The monoisotopic (exact) mass is 478 g/mol. The molecule has 0 saturated carbocycles. The Labute approximate surface area is 208 Å². The Morgan fingerprint density at radius 3 is 1.14 bits per heavy atom. The lowest BCUT2D eigenvalue weighted by atomic mass is 9.98. The van der Waals surface area contributed by atoms with Crippen LogP contribution in [0.5, 0.6) is 0 Å². The van der Waals surface area contributed by atoms with Crippen molar-refractivity contribution >= 4 is 35.0 Å². The average Bonchev–Trinajstić information content (AvgIpc) is 2.87. The maximum Gasteiger partial charge on any atom is 0.255 e. The Balaban J connectivity index is 1.94. The van der Waals surface area contributed by atoms with Crippen molar-refractivity contribution in [3.63, 3.8) is 0 Å². The second kappa shape index (κ2) is 11.4. The highest BCUT2D eigenvalue weighted by Gasteiger charge is 2.32. The highest BCUT2D eigenvalue weighted by Crippen LogP contribution is 2.28. The molecule has 0 bridgehead atoms. The van der Waals surface area contributed by atoms with Crippen LogP contribution in [-0.4, -0.2) is 23.6 Å². The highest BCUT2D eigenvalue weighted by molar-refractivity contribution is 6.18. The molecule has 4 amide bonds. The van der Waals surface area contributed by atoms with Crippen molar-refractivity contribution in [1.29, 1.82) is 10.5 Å². The van der Waals surface area contributed by atoms with Crippen LogP contribution in [-0.2, 0) is 19.2 Å². The predicted molar refractivity (Wildman–Crippen MR) is 132 cm³/mol. The summed E-state index contributed by atoms with van der Waals surface area (Å²) in [6, 6.07) is 26.3. The molecule has 0 aromatic heterocycles. The van der Waals surface area contributed by atoms with Crippen LogP contribution in [0.3, 0.4) is 0 Å². The first-order chi connectivity index (χ1) is 17.3. The summed E-state index contributed by atoms with van der Waals surface area (Å²) in [6.07, 6.45) is 0. The van der Waals surface area contributed by atoms with Gasteiger partial charge in [-0.25, -0.2) is 9.80 Å². The van der Waals surface area contributed by atoms with Gasteiger partial charge in [0.2, 0.25) is 11.8 Å². The second-order valence-corrected chi connectivity index (χ2v) is 7.85. The fourth-order valence-electron chi connectivity index (χ4n) is 3.77. The van der Waals surface area contributed by atoms with Crippen molar-refractivity contribution in [3.8, 4) is 12.1 Å². The Morgan fingerprint density at radius 1 is 0.583 bits per heavy atom. The quantitative estimate of drug-likeness (QED) is 0.526. The molecule has 0 saturated heterocycles. The van der Waals surface area contributed by atoms with E-state index in [0.717, 1.165) is 9.80 Å². The molecule has 3 rings (SSSR count). The Morgan fingerprint density at radius 2 is 0.889 bits per heavy atom. The van der Waals surface area contributed by atoms with Gasteiger partial charge in [0.25, 0.3) is 11.8 Å². The Bertz CT molecular complexity index is 1250. The van der Waals surface area contributed by atoms with Crippen molar-refractivity contribution in [2.45, 2.75) is 25.7 Å². The molecule has 0 aliphatic carbocycles. The first-order valence-corrected chi connectivity index (χ1v) is 11.0. The zero-order valence-electron chi connectivity index (χ0n) is 19.7. The van der Waals surface area contributed by atoms with E-state index >= 15 is 0 Å². The van der Waals surface area contributed by atoms with Crippen molar-refractivity contribution in [1.82, 2.24) is 0 Å². The maximum absolute atomic E-state index is 13.2. The van der Waals surface area contributed by atoms with Gasteiger partial charge in [0, 0.05) is 13.8 Å². The first kappa shape index (κ1) is 25.5. The third-order valence-corrected chi connectivity index (χ3v) is 5.45. The molecular formula is C28H22N4O4. The summed E-state index contributed by atoms with van der Waals surface area (Å²) < 4.78 is 0. The smallest absolute Gasteiger partial charge is 0.255 e. The first-order valence-electron chi connectivity index (χ1n) is 11.0.